The molecule has 0 unspecified atom stereocenters. The van der Waals surface area contributed by atoms with Gasteiger partial charge in [-0.15, -0.1) is 0 Å². The maximum absolute atomic E-state index is 12.3. The number of carbonyl (C=O) groups is 1. The minimum absolute atomic E-state index is 0.0875. The van der Waals surface area contributed by atoms with Crippen LogP contribution in [0.5, 0.6) is 17.2 Å². The average molecular weight is 355 g/mol. The van der Waals surface area contributed by atoms with E-state index in [9.17, 15) is 4.79 Å². The largest absolute Gasteiger partial charge is 0.492 e. The molecule has 0 spiro atoms. The molecule has 2 aliphatic heterocycles. The Morgan fingerprint density at radius 3 is 2.65 bits per heavy atom. The molecule has 1 N–H and O–H groups in total. The first-order chi connectivity index (χ1) is 12.6. The molecule has 0 radical (unpaired) electrons. The van der Waals surface area contributed by atoms with E-state index in [1.54, 1.807) is 6.07 Å². The Hall–Kier alpha value is -3.09. The van der Waals surface area contributed by atoms with Crippen LogP contribution in [0.25, 0.3) is 0 Å². The summed E-state index contributed by atoms with van der Waals surface area (Å²) in [6.07, 6.45) is 0. The van der Waals surface area contributed by atoms with Gasteiger partial charge in [0.2, 0.25) is 12.7 Å². The summed E-state index contributed by atoms with van der Waals surface area (Å²) in [6.45, 7) is 2.88. The fourth-order valence-electron chi connectivity index (χ4n) is 3.16. The summed E-state index contributed by atoms with van der Waals surface area (Å²) in [5, 5.41) is 2.91. The van der Waals surface area contributed by atoms with Gasteiger partial charge in [-0.2, -0.15) is 0 Å². The Balaban J connectivity index is 1.82. The molecule has 26 heavy (non-hydrogen) atoms. The lowest BCUT2D eigenvalue weighted by molar-refractivity contribution is -0.115. The van der Waals surface area contributed by atoms with Crippen molar-refractivity contribution in [2.24, 2.45) is 0 Å². The van der Waals surface area contributed by atoms with Gasteiger partial charge in [-0.1, -0.05) is 0 Å². The number of benzene rings is 2. The van der Waals surface area contributed by atoms with Crippen LogP contribution in [0.15, 0.2) is 30.3 Å². The molecule has 2 aromatic rings. The fourth-order valence-corrected chi connectivity index (χ4v) is 3.16. The summed E-state index contributed by atoms with van der Waals surface area (Å²) in [4.78, 5) is 16.2. The van der Waals surface area contributed by atoms with Gasteiger partial charge in [0.25, 0.3) is 0 Å². The molecule has 0 fully saturated rings. The zero-order chi connectivity index (χ0) is 18.3. The van der Waals surface area contributed by atoms with E-state index in [1.165, 1.54) is 0 Å². The van der Waals surface area contributed by atoms with Gasteiger partial charge in [0.15, 0.2) is 11.5 Å². The number of amides is 1. The van der Waals surface area contributed by atoms with Crippen molar-refractivity contribution in [2.45, 2.75) is 6.92 Å². The van der Waals surface area contributed by atoms with E-state index < -0.39 is 0 Å². The van der Waals surface area contributed by atoms with Crippen LogP contribution < -0.4 is 29.3 Å². The Bertz CT molecular complexity index is 866. The molecule has 0 aliphatic carbocycles. The Kier molecular flexibility index (Phi) is 3.99. The quantitative estimate of drug-likeness (QED) is 0.910. The molecule has 0 saturated heterocycles. The van der Waals surface area contributed by atoms with E-state index in [1.807, 2.05) is 55.1 Å². The molecule has 1 amide bonds. The number of rotatable bonds is 4. The van der Waals surface area contributed by atoms with Gasteiger partial charge in [-0.25, -0.2) is 0 Å². The molecule has 2 aromatic carbocycles. The molecule has 0 atom stereocenters. The second-order valence-corrected chi connectivity index (χ2v) is 6.34. The molecule has 2 aliphatic rings. The van der Waals surface area contributed by atoms with E-state index in [2.05, 4.69) is 5.32 Å². The minimum Gasteiger partial charge on any atom is -0.492 e. The molecule has 136 valence electrons. The Morgan fingerprint density at radius 1 is 1.15 bits per heavy atom. The van der Waals surface area contributed by atoms with E-state index >= 15 is 0 Å². The van der Waals surface area contributed by atoms with Crippen LogP contribution in [0.3, 0.4) is 0 Å². The van der Waals surface area contributed by atoms with Gasteiger partial charge in [0.05, 0.1) is 23.7 Å². The SMILES string of the molecule is CCOc1cc(N(C)C)ccc1N1CC(=O)Nc2cc3c(cc21)OCO3. The first-order valence-corrected chi connectivity index (χ1v) is 8.52. The molecule has 7 heteroatoms. The summed E-state index contributed by atoms with van der Waals surface area (Å²) in [5.74, 6) is 1.96. The van der Waals surface area contributed by atoms with Gasteiger partial charge < -0.3 is 29.3 Å². The van der Waals surface area contributed by atoms with Crippen LogP contribution in [0.4, 0.5) is 22.7 Å². The summed E-state index contributed by atoms with van der Waals surface area (Å²) in [6, 6.07) is 9.67. The molecule has 0 saturated carbocycles. The lowest BCUT2D eigenvalue weighted by Crippen LogP contribution is -2.35. The number of fused-ring (bicyclic) bond motifs is 2. The lowest BCUT2D eigenvalue weighted by atomic mass is 10.1. The minimum atomic E-state index is -0.0875. The van der Waals surface area contributed by atoms with Crippen LogP contribution in [0.2, 0.25) is 0 Å². The number of hydrogen-bond donors (Lipinski definition) is 1. The third-order valence-electron chi connectivity index (χ3n) is 4.41. The predicted molar refractivity (Wildman–Crippen MR) is 100 cm³/mol. The van der Waals surface area contributed by atoms with Crippen LogP contribution in [0, 0.1) is 0 Å². The van der Waals surface area contributed by atoms with Crippen molar-refractivity contribution in [3.8, 4) is 17.2 Å². The molecule has 4 rings (SSSR count). The molecular formula is C19H21N3O4. The molecule has 0 bridgehead atoms. The smallest absolute Gasteiger partial charge is 0.244 e. The van der Waals surface area contributed by atoms with Gasteiger partial charge >= 0.3 is 0 Å². The Labute approximate surface area is 152 Å². The van der Waals surface area contributed by atoms with Crippen LogP contribution >= 0.6 is 0 Å². The standard InChI is InChI=1S/C19H21N3O4/c1-4-24-16-7-12(21(2)3)5-6-14(16)22-10-19(23)20-13-8-17-18(9-15(13)22)26-11-25-17/h5-9H,4,10-11H2,1-3H3,(H,20,23). The predicted octanol–water partition coefficient (Wildman–Crippen LogP) is 2.97. The maximum Gasteiger partial charge on any atom is 0.244 e. The van der Waals surface area contributed by atoms with E-state index in [0.29, 0.717) is 23.8 Å². The number of hydrogen-bond acceptors (Lipinski definition) is 6. The summed E-state index contributed by atoms with van der Waals surface area (Å²) in [7, 11) is 3.96. The number of anilines is 4. The summed E-state index contributed by atoms with van der Waals surface area (Å²) >= 11 is 0. The van der Waals surface area contributed by atoms with Crippen LogP contribution in [-0.2, 0) is 4.79 Å². The first-order valence-electron chi connectivity index (χ1n) is 8.52. The van der Waals surface area contributed by atoms with Crippen molar-refractivity contribution in [1.82, 2.24) is 0 Å². The van der Waals surface area contributed by atoms with E-state index in [0.717, 1.165) is 22.8 Å². The zero-order valence-corrected chi connectivity index (χ0v) is 15.0. The van der Waals surface area contributed by atoms with Crippen LogP contribution in [0.1, 0.15) is 6.92 Å². The van der Waals surface area contributed by atoms with Crippen molar-refractivity contribution in [3.63, 3.8) is 0 Å². The number of ether oxygens (including phenoxy) is 3. The second-order valence-electron chi connectivity index (χ2n) is 6.34. The monoisotopic (exact) mass is 355 g/mol. The van der Waals surface area contributed by atoms with Gasteiger partial charge in [0, 0.05) is 38.0 Å². The average Bonchev–Trinajstić information content (AvgIpc) is 3.06. The highest BCUT2D eigenvalue weighted by Gasteiger charge is 2.29. The molecule has 2 heterocycles. The first kappa shape index (κ1) is 16.4. The van der Waals surface area contributed by atoms with Crippen molar-refractivity contribution in [3.05, 3.63) is 30.3 Å². The maximum atomic E-state index is 12.3. The number of carbonyl (C=O) groups excluding carboxylic acids is 1. The van der Waals surface area contributed by atoms with Crippen LogP contribution in [-0.4, -0.2) is 39.9 Å². The highest BCUT2D eigenvalue weighted by molar-refractivity contribution is 6.04. The molecule has 0 aromatic heterocycles. The van der Waals surface area contributed by atoms with Crippen molar-refractivity contribution in [1.29, 1.82) is 0 Å². The Morgan fingerprint density at radius 2 is 1.92 bits per heavy atom. The third kappa shape index (κ3) is 2.75. The summed E-state index contributed by atoms with van der Waals surface area (Å²) in [5.41, 5.74) is 3.43. The number of nitrogens with zero attached hydrogens (tertiary/aromatic N) is 2. The normalized spacial score (nSPS) is 14.7. The van der Waals surface area contributed by atoms with Gasteiger partial charge in [-0.05, 0) is 19.1 Å². The van der Waals surface area contributed by atoms with E-state index in [-0.39, 0.29) is 19.2 Å². The van der Waals surface area contributed by atoms with Gasteiger partial charge in [0.1, 0.15) is 12.3 Å². The summed E-state index contributed by atoms with van der Waals surface area (Å²) < 4.78 is 16.8. The second kappa shape index (κ2) is 6.33. The molecule has 7 nitrogen and oxygen atoms in total. The zero-order valence-electron chi connectivity index (χ0n) is 15.0. The highest BCUT2D eigenvalue weighted by atomic mass is 16.7. The highest BCUT2D eigenvalue weighted by Crippen LogP contribution is 2.46. The topological polar surface area (TPSA) is 63.3 Å². The third-order valence-corrected chi connectivity index (χ3v) is 4.41. The van der Waals surface area contributed by atoms with Crippen molar-refractivity contribution in [2.75, 3.05) is 49.2 Å². The van der Waals surface area contributed by atoms with Gasteiger partial charge in [-0.3, -0.25) is 4.79 Å². The van der Waals surface area contributed by atoms with Crippen molar-refractivity contribution >= 4 is 28.7 Å². The van der Waals surface area contributed by atoms with Crippen molar-refractivity contribution < 1.29 is 19.0 Å². The van der Waals surface area contributed by atoms with E-state index in [4.69, 9.17) is 14.2 Å². The number of nitrogens with one attached hydrogen (secondary N) is 1. The lowest BCUT2D eigenvalue weighted by Gasteiger charge is -2.32. The molecular weight excluding hydrogens is 334 g/mol. The fraction of sp³-hybridized carbons (Fsp3) is 0.316.